The van der Waals surface area contributed by atoms with E-state index < -0.39 is 0 Å². The van der Waals surface area contributed by atoms with E-state index in [-0.39, 0.29) is 11.5 Å². The molecule has 1 N–H and O–H groups in total. The maximum atomic E-state index is 6.23. The van der Waals surface area contributed by atoms with E-state index in [1.165, 1.54) is 16.5 Å². The highest BCUT2D eigenvalue weighted by Crippen LogP contribution is 2.35. The predicted octanol–water partition coefficient (Wildman–Crippen LogP) is 4.96. The summed E-state index contributed by atoms with van der Waals surface area (Å²) in [6.07, 6.45) is 0. The first-order valence-corrected chi connectivity index (χ1v) is 7.46. The van der Waals surface area contributed by atoms with Gasteiger partial charge in [0, 0.05) is 10.9 Å². The third-order valence-electron chi connectivity index (χ3n) is 3.87. The molecule has 2 rings (SSSR count). The zero-order valence-electron chi connectivity index (χ0n) is 13.8. The number of benzene rings is 1. The smallest absolute Gasteiger partial charge is 0.138 e. The van der Waals surface area contributed by atoms with Gasteiger partial charge in [-0.15, -0.1) is 0 Å². The van der Waals surface area contributed by atoms with Gasteiger partial charge in [-0.25, -0.2) is 0 Å². The highest BCUT2D eigenvalue weighted by Gasteiger charge is 2.23. The molecule has 2 aromatic rings. The van der Waals surface area contributed by atoms with Crippen LogP contribution in [0.2, 0.25) is 0 Å². The lowest BCUT2D eigenvalue weighted by Crippen LogP contribution is -2.20. The number of rotatable bonds is 3. The van der Waals surface area contributed by atoms with E-state index in [2.05, 4.69) is 65.1 Å². The second kappa shape index (κ2) is 5.25. The normalized spacial score (nSPS) is 14.2. The van der Waals surface area contributed by atoms with Gasteiger partial charge in [-0.1, -0.05) is 40.7 Å². The van der Waals surface area contributed by atoms with Crippen molar-refractivity contribution >= 4 is 11.0 Å². The number of fused-ring (bicyclic) bond motifs is 1. The highest BCUT2D eigenvalue weighted by molar-refractivity contribution is 5.83. The SMILES string of the molecule is CNC(c1cc2cc(C)cc(C(C)(C)C)c2o1)C(C)C. The Morgan fingerprint density at radius 2 is 1.75 bits per heavy atom. The van der Waals surface area contributed by atoms with Gasteiger partial charge < -0.3 is 9.73 Å². The fourth-order valence-corrected chi connectivity index (χ4v) is 2.84. The van der Waals surface area contributed by atoms with Crippen LogP contribution in [-0.4, -0.2) is 7.05 Å². The van der Waals surface area contributed by atoms with Gasteiger partial charge in [0.05, 0.1) is 6.04 Å². The Morgan fingerprint density at radius 1 is 1.10 bits per heavy atom. The Labute approximate surface area is 122 Å². The average Bonchev–Trinajstić information content (AvgIpc) is 2.69. The quantitative estimate of drug-likeness (QED) is 0.855. The van der Waals surface area contributed by atoms with Crippen molar-refractivity contribution in [3.05, 3.63) is 35.1 Å². The molecule has 0 amide bonds. The Kier molecular flexibility index (Phi) is 3.97. The van der Waals surface area contributed by atoms with Gasteiger partial charge in [-0.2, -0.15) is 0 Å². The Hall–Kier alpha value is -1.28. The van der Waals surface area contributed by atoms with Crippen molar-refractivity contribution in [1.29, 1.82) is 0 Å². The first kappa shape index (κ1) is 15.1. The van der Waals surface area contributed by atoms with Gasteiger partial charge in [-0.3, -0.25) is 0 Å². The number of furan rings is 1. The monoisotopic (exact) mass is 273 g/mol. The molecule has 0 aliphatic carbocycles. The lowest BCUT2D eigenvalue weighted by molar-refractivity contribution is 0.369. The molecule has 1 atom stereocenters. The van der Waals surface area contributed by atoms with Crippen LogP contribution in [0.4, 0.5) is 0 Å². The van der Waals surface area contributed by atoms with E-state index >= 15 is 0 Å². The number of hydrogen-bond acceptors (Lipinski definition) is 2. The van der Waals surface area contributed by atoms with Crippen LogP contribution in [0.25, 0.3) is 11.0 Å². The summed E-state index contributed by atoms with van der Waals surface area (Å²) in [5, 5.41) is 4.57. The lowest BCUT2D eigenvalue weighted by Gasteiger charge is -2.20. The molecule has 1 unspecified atom stereocenters. The van der Waals surface area contributed by atoms with Crippen LogP contribution in [0.15, 0.2) is 22.6 Å². The van der Waals surface area contributed by atoms with Crippen molar-refractivity contribution in [2.75, 3.05) is 7.05 Å². The minimum Gasteiger partial charge on any atom is -0.459 e. The van der Waals surface area contributed by atoms with Crippen molar-refractivity contribution < 1.29 is 4.42 Å². The molecule has 0 saturated heterocycles. The molecule has 2 nitrogen and oxygen atoms in total. The molecule has 0 aliphatic rings. The summed E-state index contributed by atoms with van der Waals surface area (Å²) in [5.41, 5.74) is 3.71. The van der Waals surface area contributed by atoms with Gasteiger partial charge >= 0.3 is 0 Å². The molecule has 0 spiro atoms. The molecule has 1 heterocycles. The van der Waals surface area contributed by atoms with Crippen molar-refractivity contribution in [3.63, 3.8) is 0 Å². The largest absolute Gasteiger partial charge is 0.459 e. The summed E-state index contributed by atoms with van der Waals surface area (Å²) in [4.78, 5) is 0. The molecule has 2 heteroatoms. The summed E-state index contributed by atoms with van der Waals surface area (Å²) in [6.45, 7) is 13.3. The fraction of sp³-hybridized carbons (Fsp3) is 0.556. The van der Waals surface area contributed by atoms with Crippen LogP contribution >= 0.6 is 0 Å². The standard InChI is InChI=1S/C18H27NO/c1-11(2)16(19-7)15-10-13-8-12(3)9-14(17(13)20-15)18(4,5)6/h8-11,16,19H,1-7H3. The van der Waals surface area contributed by atoms with Crippen LogP contribution in [-0.2, 0) is 5.41 Å². The van der Waals surface area contributed by atoms with Crippen molar-refractivity contribution in [2.45, 2.75) is 53.0 Å². The average molecular weight is 273 g/mol. The maximum absolute atomic E-state index is 6.23. The minimum atomic E-state index is 0.0896. The molecular formula is C18H27NO. The molecule has 1 aromatic heterocycles. The van der Waals surface area contributed by atoms with Gasteiger partial charge in [-0.05, 0) is 43.0 Å². The van der Waals surface area contributed by atoms with E-state index in [0.29, 0.717) is 5.92 Å². The zero-order valence-corrected chi connectivity index (χ0v) is 13.8. The summed E-state index contributed by atoms with van der Waals surface area (Å²) in [6, 6.07) is 6.92. The van der Waals surface area contributed by atoms with Crippen molar-refractivity contribution in [3.8, 4) is 0 Å². The summed E-state index contributed by atoms with van der Waals surface area (Å²) < 4.78 is 6.23. The molecule has 0 bridgehead atoms. The summed E-state index contributed by atoms with van der Waals surface area (Å²) in [7, 11) is 1.99. The predicted molar refractivity (Wildman–Crippen MR) is 86.3 cm³/mol. The highest BCUT2D eigenvalue weighted by atomic mass is 16.3. The van der Waals surface area contributed by atoms with Crippen LogP contribution in [0, 0.1) is 12.8 Å². The third kappa shape index (κ3) is 2.76. The molecular weight excluding hydrogens is 246 g/mol. The van der Waals surface area contributed by atoms with Crippen molar-refractivity contribution in [1.82, 2.24) is 5.32 Å². The molecule has 0 saturated carbocycles. The van der Waals surface area contributed by atoms with E-state index in [9.17, 15) is 0 Å². The number of nitrogens with one attached hydrogen (secondary N) is 1. The third-order valence-corrected chi connectivity index (χ3v) is 3.87. The first-order valence-electron chi connectivity index (χ1n) is 7.46. The van der Waals surface area contributed by atoms with Gasteiger partial charge in [0.1, 0.15) is 11.3 Å². The van der Waals surface area contributed by atoms with Crippen molar-refractivity contribution in [2.24, 2.45) is 5.92 Å². The molecule has 0 aliphatic heterocycles. The van der Waals surface area contributed by atoms with Crippen LogP contribution in [0.3, 0.4) is 0 Å². The van der Waals surface area contributed by atoms with E-state index in [4.69, 9.17) is 4.42 Å². The van der Waals surface area contributed by atoms with Crippen LogP contribution in [0.5, 0.6) is 0 Å². The Bertz CT molecular complexity index is 602. The fourth-order valence-electron chi connectivity index (χ4n) is 2.84. The van der Waals surface area contributed by atoms with Crippen LogP contribution in [0.1, 0.15) is 57.5 Å². The second-order valence-corrected chi connectivity index (χ2v) is 7.14. The van der Waals surface area contributed by atoms with Gasteiger partial charge in [0.15, 0.2) is 0 Å². The number of aryl methyl sites for hydroxylation is 1. The Morgan fingerprint density at radius 3 is 2.25 bits per heavy atom. The molecule has 0 radical (unpaired) electrons. The zero-order chi connectivity index (χ0) is 15.1. The first-order chi connectivity index (χ1) is 9.24. The van der Waals surface area contributed by atoms with E-state index in [1.54, 1.807) is 0 Å². The van der Waals surface area contributed by atoms with Gasteiger partial charge in [0.25, 0.3) is 0 Å². The van der Waals surface area contributed by atoms with Crippen LogP contribution < -0.4 is 5.32 Å². The molecule has 1 aromatic carbocycles. The lowest BCUT2D eigenvalue weighted by atomic mass is 9.85. The molecule has 110 valence electrons. The summed E-state index contributed by atoms with van der Waals surface area (Å²) >= 11 is 0. The second-order valence-electron chi connectivity index (χ2n) is 7.14. The number of hydrogen-bond donors (Lipinski definition) is 1. The maximum Gasteiger partial charge on any atom is 0.138 e. The molecule has 20 heavy (non-hydrogen) atoms. The van der Waals surface area contributed by atoms with Gasteiger partial charge in [0.2, 0.25) is 0 Å². The topological polar surface area (TPSA) is 25.2 Å². The summed E-state index contributed by atoms with van der Waals surface area (Å²) in [5.74, 6) is 1.54. The molecule has 0 fully saturated rings. The Balaban J connectivity index is 2.64. The van der Waals surface area contributed by atoms with E-state index in [0.717, 1.165) is 11.3 Å². The van der Waals surface area contributed by atoms with E-state index in [1.807, 2.05) is 7.05 Å². The minimum absolute atomic E-state index is 0.0896.